The monoisotopic (exact) mass is 642 g/mol. The fourth-order valence-electron chi connectivity index (χ4n) is 9.22. The number of furan rings is 2. The Hall–Kier alpha value is -5.86. The lowest BCUT2D eigenvalue weighted by Gasteiger charge is -2.24. The maximum Gasteiger partial charge on any atom is 0.143 e. The third-order valence-electron chi connectivity index (χ3n) is 11.8. The number of hydrogen-bond acceptors (Lipinski definition) is 2. The summed E-state index contributed by atoms with van der Waals surface area (Å²) >= 11 is 0. The summed E-state index contributed by atoms with van der Waals surface area (Å²) in [7, 11) is 0. The van der Waals surface area contributed by atoms with Crippen molar-refractivity contribution in [2.24, 2.45) is 0 Å². The van der Waals surface area contributed by atoms with E-state index >= 15 is 0 Å². The van der Waals surface area contributed by atoms with Gasteiger partial charge in [-0.25, -0.2) is 0 Å². The lowest BCUT2D eigenvalue weighted by molar-refractivity contribution is 0.655. The molecule has 0 saturated heterocycles. The van der Waals surface area contributed by atoms with Crippen LogP contribution < -0.4 is 0 Å². The zero-order valence-electron chi connectivity index (χ0n) is 28.1. The zero-order valence-corrected chi connectivity index (χ0v) is 28.1. The molecule has 0 amide bonds. The number of fused-ring (bicyclic) bond motifs is 13. The summed E-state index contributed by atoms with van der Waals surface area (Å²) in [6, 6.07) is 51.3. The quantitative estimate of drug-likeness (QED) is 0.188. The summed E-state index contributed by atoms with van der Waals surface area (Å²) in [5.41, 5.74) is 18.4. The van der Waals surface area contributed by atoms with E-state index in [0.717, 1.165) is 45.9 Å². The molecule has 50 heavy (non-hydrogen) atoms. The van der Waals surface area contributed by atoms with Crippen LogP contribution in [0.4, 0.5) is 0 Å². The second-order valence-electron chi connectivity index (χ2n) is 14.8. The first kappa shape index (κ1) is 28.0. The molecule has 2 heterocycles. The van der Waals surface area contributed by atoms with E-state index in [0.29, 0.717) is 0 Å². The van der Waals surface area contributed by atoms with Crippen molar-refractivity contribution in [3.05, 3.63) is 167 Å². The number of aryl methyl sites for hydroxylation is 1. The smallest absolute Gasteiger partial charge is 0.143 e. The molecule has 2 aliphatic carbocycles. The van der Waals surface area contributed by atoms with Crippen LogP contribution in [-0.4, -0.2) is 0 Å². The van der Waals surface area contributed by atoms with Crippen molar-refractivity contribution in [3.8, 4) is 33.4 Å². The van der Waals surface area contributed by atoms with Crippen LogP contribution in [0.25, 0.3) is 77.3 Å². The van der Waals surface area contributed by atoms with Gasteiger partial charge < -0.3 is 8.83 Å². The molecule has 7 aromatic carbocycles. The third kappa shape index (κ3) is 3.85. The fraction of sp³-hybridized carbons (Fsp3) is 0.125. The van der Waals surface area contributed by atoms with Gasteiger partial charge in [-0.2, -0.15) is 0 Å². The second kappa shape index (κ2) is 10.1. The summed E-state index contributed by atoms with van der Waals surface area (Å²) in [4.78, 5) is 0. The van der Waals surface area contributed by atoms with Gasteiger partial charge in [-0.15, -0.1) is 0 Å². The Bertz CT molecular complexity index is 2860. The van der Waals surface area contributed by atoms with E-state index in [2.05, 4.69) is 141 Å². The number of hydrogen-bond donors (Lipinski definition) is 0. The lowest BCUT2D eigenvalue weighted by atomic mass is 9.79. The van der Waals surface area contributed by atoms with E-state index in [1.54, 1.807) is 0 Å². The summed E-state index contributed by atoms with van der Waals surface area (Å²) in [6.45, 7) is 4.79. The SMILES string of the molecule is CC1(C)c2cc(-c3ccc4oc5ccccc5c4c3)ccc2-c2ccc(C3CCc4ccc5c(oc6ccccc65)c4-c4ccccc43)cc21. The molecule has 2 aliphatic rings. The Balaban J connectivity index is 1.00. The van der Waals surface area contributed by atoms with Gasteiger partial charge in [0.05, 0.1) is 0 Å². The van der Waals surface area contributed by atoms with Gasteiger partial charge in [-0.3, -0.25) is 0 Å². The minimum Gasteiger partial charge on any atom is -0.456 e. The van der Waals surface area contributed by atoms with E-state index in [4.69, 9.17) is 8.83 Å². The highest BCUT2D eigenvalue weighted by atomic mass is 16.3. The van der Waals surface area contributed by atoms with Gasteiger partial charge in [0.2, 0.25) is 0 Å². The van der Waals surface area contributed by atoms with E-state index in [9.17, 15) is 0 Å². The van der Waals surface area contributed by atoms with Gasteiger partial charge in [-0.1, -0.05) is 123 Å². The van der Waals surface area contributed by atoms with E-state index in [-0.39, 0.29) is 11.3 Å². The van der Waals surface area contributed by atoms with Crippen LogP contribution in [0.1, 0.15) is 54.0 Å². The van der Waals surface area contributed by atoms with Gasteiger partial charge in [0.1, 0.15) is 22.3 Å². The average Bonchev–Trinajstić information content (AvgIpc) is 3.74. The molecule has 9 aromatic rings. The summed E-state index contributed by atoms with van der Waals surface area (Å²) in [5.74, 6) is 0.287. The summed E-state index contributed by atoms with van der Waals surface area (Å²) in [5, 5.41) is 4.71. The molecule has 0 saturated carbocycles. The third-order valence-corrected chi connectivity index (χ3v) is 11.8. The van der Waals surface area contributed by atoms with Crippen LogP contribution in [0.5, 0.6) is 0 Å². The van der Waals surface area contributed by atoms with E-state index < -0.39 is 0 Å². The molecule has 2 nitrogen and oxygen atoms in total. The van der Waals surface area contributed by atoms with Crippen LogP contribution in [0.3, 0.4) is 0 Å². The fourth-order valence-corrected chi connectivity index (χ4v) is 9.22. The van der Waals surface area contributed by atoms with Crippen LogP contribution in [0.2, 0.25) is 0 Å². The number of rotatable bonds is 2. The predicted molar refractivity (Wildman–Crippen MR) is 206 cm³/mol. The van der Waals surface area contributed by atoms with Gasteiger partial charge in [-0.05, 0) is 98.8 Å². The normalized spacial score (nSPS) is 16.0. The highest BCUT2D eigenvalue weighted by Gasteiger charge is 2.37. The van der Waals surface area contributed by atoms with Crippen LogP contribution in [0, 0.1) is 0 Å². The van der Waals surface area contributed by atoms with E-state index in [1.165, 1.54) is 72.0 Å². The molecule has 0 spiro atoms. The summed E-state index contributed by atoms with van der Waals surface area (Å²) < 4.78 is 12.7. The maximum absolute atomic E-state index is 6.60. The van der Waals surface area contributed by atoms with Crippen molar-refractivity contribution in [1.29, 1.82) is 0 Å². The molecule has 11 rings (SSSR count). The highest BCUT2D eigenvalue weighted by Crippen LogP contribution is 2.52. The molecule has 0 aliphatic heterocycles. The summed E-state index contributed by atoms with van der Waals surface area (Å²) in [6.07, 6.45) is 2.05. The van der Waals surface area contributed by atoms with Crippen molar-refractivity contribution in [1.82, 2.24) is 0 Å². The minimum atomic E-state index is -0.128. The number of benzene rings is 7. The Kier molecular flexibility index (Phi) is 5.65. The van der Waals surface area contributed by atoms with Gasteiger partial charge in [0.25, 0.3) is 0 Å². The van der Waals surface area contributed by atoms with Crippen molar-refractivity contribution in [2.45, 2.75) is 38.0 Å². The zero-order chi connectivity index (χ0) is 33.1. The average molecular weight is 643 g/mol. The molecule has 2 heteroatoms. The van der Waals surface area contributed by atoms with Gasteiger partial charge in [0.15, 0.2) is 0 Å². The molecule has 1 atom stereocenters. The molecule has 0 fully saturated rings. The van der Waals surface area contributed by atoms with Crippen LogP contribution >= 0.6 is 0 Å². The van der Waals surface area contributed by atoms with Crippen molar-refractivity contribution in [3.63, 3.8) is 0 Å². The lowest BCUT2D eigenvalue weighted by Crippen LogP contribution is -2.16. The first-order chi connectivity index (χ1) is 24.5. The largest absolute Gasteiger partial charge is 0.456 e. The molecule has 1 unspecified atom stereocenters. The first-order valence-corrected chi connectivity index (χ1v) is 17.8. The standard InChI is InChI=1S/C48H34O2/c1-48(2)41-26-30(29-19-24-45-40(25-29)37-11-6-7-13-43(37)49-45)17-21-34(41)35-22-18-31(27-42(35)48)32-20-15-28-16-23-39-36-10-5-8-14-44(36)50-47(39)46(28)38-12-4-3-9-33(32)38/h3-14,16-19,21-27,32H,15,20H2,1-2H3. The van der Waals surface area contributed by atoms with Crippen molar-refractivity contribution in [2.75, 3.05) is 0 Å². The second-order valence-corrected chi connectivity index (χ2v) is 14.8. The Morgan fingerprint density at radius 3 is 2.04 bits per heavy atom. The van der Waals surface area contributed by atoms with Crippen molar-refractivity contribution < 1.29 is 8.83 Å². The first-order valence-electron chi connectivity index (χ1n) is 17.8. The van der Waals surface area contributed by atoms with Gasteiger partial charge in [0, 0.05) is 38.4 Å². The molecule has 238 valence electrons. The predicted octanol–water partition coefficient (Wildman–Crippen LogP) is 13.2. The molecule has 0 N–H and O–H groups in total. The Labute approximate surface area is 290 Å². The Morgan fingerprint density at radius 2 is 1.18 bits per heavy atom. The molecular weight excluding hydrogens is 609 g/mol. The maximum atomic E-state index is 6.60. The Morgan fingerprint density at radius 1 is 0.520 bits per heavy atom. The minimum absolute atomic E-state index is 0.128. The molecule has 2 aromatic heterocycles. The van der Waals surface area contributed by atoms with Crippen LogP contribution in [-0.2, 0) is 11.8 Å². The van der Waals surface area contributed by atoms with Gasteiger partial charge >= 0.3 is 0 Å². The number of para-hydroxylation sites is 2. The van der Waals surface area contributed by atoms with Crippen LogP contribution in [0.15, 0.2) is 148 Å². The van der Waals surface area contributed by atoms with E-state index in [1.807, 2.05) is 12.1 Å². The molecular formula is C48H34O2. The van der Waals surface area contributed by atoms with Crippen molar-refractivity contribution >= 4 is 43.9 Å². The highest BCUT2D eigenvalue weighted by molar-refractivity contribution is 6.10. The molecule has 0 bridgehead atoms. The molecule has 0 radical (unpaired) electrons. The topological polar surface area (TPSA) is 26.3 Å².